The number of nitrogens with zero attached hydrogens (tertiary/aromatic N) is 4. The van der Waals surface area contributed by atoms with Crippen LogP contribution in [0.4, 0.5) is 0 Å². The van der Waals surface area contributed by atoms with E-state index < -0.39 is 0 Å². The number of aromatic nitrogens is 3. The zero-order valence-corrected chi connectivity index (χ0v) is 14.3. The first-order valence-electron chi connectivity index (χ1n) is 8.21. The molecule has 2 aromatic heterocycles. The molecule has 2 aromatic rings. The van der Waals surface area contributed by atoms with E-state index in [2.05, 4.69) is 9.97 Å². The molecule has 3 rings (SSSR count). The number of rotatable bonds is 2. The Balaban J connectivity index is 1.88. The highest BCUT2D eigenvalue weighted by Crippen LogP contribution is 2.26. The second-order valence-corrected chi connectivity index (χ2v) is 6.43. The number of aryl methyl sites for hydroxylation is 2. The minimum atomic E-state index is -0.223. The number of carbonyl (C=O) groups is 1. The van der Waals surface area contributed by atoms with Crippen LogP contribution >= 0.6 is 0 Å². The molecule has 0 aliphatic carbocycles. The van der Waals surface area contributed by atoms with E-state index in [1.807, 2.05) is 19.9 Å². The fourth-order valence-corrected chi connectivity index (χ4v) is 3.32. The smallest absolute Gasteiger partial charge is 0.263 e. The molecule has 1 fully saturated rings. The number of pyridine rings is 1. The minimum Gasteiger partial charge on any atom is -0.338 e. The third-order valence-electron chi connectivity index (χ3n) is 4.79. The van der Waals surface area contributed by atoms with Crippen molar-refractivity contribution in [3.63, 3.8) is 0 Å². The SMILES string of the molecule is Cc1cc(C)n(C)c(=O)c1C(=O)N1CCCC(c2cnccn2)C1. The van der Waals surface area contributed by atoms with Gasteiger partial charge in [0, 0.05) is 50.3 Å². The van der Waals surface area contributed by atoms with Crippen molar-refractivity contribution in [1.82, 2.24) is 19.4 Å². The van der Waals surface area contributed by atoms with E-state index in [0.717, 1.165) is 29.8 Å². The number of amides is 1. The van der Waals surface area contributed by atoms with Gasteiger partial charge in [-0.1, -0.05) is 0 Å². The first kappa shape index (κ1) is 16.4. The predicted molar refractivity (Wildman–Crippen MR) is 91.1 cm³/mol. The van der Waals surface area contributed by atoms with Crippen molar-refractivity contribution in [2.45, 2.75) is 32.6 Å². The Morgan fingerprint density at radius 1 is 1.29 bits per heavy atom. The van der Waals surface area contributed by atoms with Gasteiger partial charge in [-0.05, 0) is 38.3 Å². The number of piperidine rings is 1. The maximum Gasteiger partial charge on any atom is 0.263 e. The van der Waals surface area contributed by atoms with Gasteiger partial charge in [-0.15, -0.1) is 0 Å². The Bertz CT molecular complexity index is 814. The van der Waals surface area contributed by atoms with Crippen LogP contribution in [0.1, 0.15) is 46.1 Å². The van der Waals surface area contributed by atoms with E-state index in [1.54, 1.807) is 30.5 Å². The topological polar surface area (TPSA) is 68.1 Å². The second-order valence-electron chi connectivity index (χ2n) is 6.43. The van der Waals surface area contributed by atoms with Crippen LogP contribution in [0.25, 0.3) is 0 Å². The van der Waals surface area contributed by atoms with E-state index >= 15 is 0 Å². The largest absolute Gasteiger partial charge is 0.338 e. The normalized spacial score (nSPS) is 17.8. The van der Waals surface area contributed by atoms with Crippen molar-refractivity contribution < 1.29 is 4.79 Å². The maximum absolute atomic E-state index is 13.0. The van der Waals surface area contributed by atoms with Crippen LogP contribution < -0.4 is 5.56 Å². The van der Waals surface area contributed by atoms with Gasteiger partial charge in [0.2, 0.25) is 0 Å². The first-order valence-corrected chi connectivity index (χ1v) is 8.21. The standard InChI is InChI=1S/C18H22N4O2/c1-12-9-13(2)21(3)17(23)16(12)18(24)22-8-4-5-14(11-22)15-10-19-6-7-20-15/h6-7,9-10,14H,4-5,8,11H2,1-3H3. The third kappa shape index (κ3) is 2.96. The number of likely N-dealkylation sites (tertiary alicyclic amines) is 1. The Hall–Kier alpha value is -2.50. The van der Waals surface area contributed by atoms with Crippen molar-refractivity contribution >= 4 is 5.91 Å². The summed E-state index contributed by atoms with van der Waals surface area (Å²) in [4.78, 5) is 35.8. The summed E-state index contributed by atoms with van der Waals surface area (Å²) in [6, 6.07) is 1.89. The Morgan fingerprint density at radius 3 is 2.79 bits per heavy atom. The molecule has 0 saturated carbocycles. The highest BCUT2D eigenvalue weighted by molar-refractivity contribution is 5.95. The molecular weight excluding hydrogens is 304 g/mol. The van der Waals surface area contributed by atoms with Gasteiger partial charge in [-0.3, -0.25) is 19.6 Å². The van der Waals surface area contributed by atoms with Gasteiger partial charge in [0.25, 0.3) is 11.5 Å². The van der Waals surface area contributed by atoms with E-state index in [9.17, 15) is 9.59 Å². The Labute approximate surface area is 141 Å². The molecular formula is C18H22N4O2. The molecule has 0 N–H and O–H groups in total. The van der Waals surface area contributed by atoms with Gasteiger partial charge in [-0.2, -0.15) is 0 Å². The summed E-state index contributed by atoms with van der Waals surface area (Å²) in [7, 11) is 1.70. The number of hydrogen-bond donors (Lipinski definition) is 0. The monoisotopic (exact) mass is 326 g/mol. The molecule has 126 valence electrons. The summed E-state index contributed by atoms with van der Waals surface area (Å²) in [6.45, 7) is 4.94. The summed E-state index contributed by atoms with van der Waals surface area (Å²) >= 11 is 0. The number of hydrogen-bond acceptors (Lipinski definition) is 4. The van der Waals surface area contributed by atoms with Gasteiger partial charge in [0.05, 0.1) is 5.69 Å². The third-order valence-corrected chi connectivity index (χ3v) is 4.79. The van der Waals surface area contributed by atoms with Crippen LogP contribution in [0.3, 0.4) is 0 Å². The van der Waals surface area contributed by atoms with E-state index in [4.69, 9.17) is 0 Å². The summed E-state index contributed by atoms with van der Waals surface area (Å²) in [5.41, 5.74) is 2.55. The van der Waals surface area contributed by atoms with Crippen molar-refractivity contribution in [2.75, 3.05) is 13.1 Å². The minimum absolute atomic E-state index is 0.172. The molecule has 0 bridgehead atoms. The predicted octanol–water partition coefficient (Wildman–Crippen LogP) is 1.81. The van der Waals surface area contributed by atoms with E-state index in [1.165, 1.54) is 4.57 Å². The molecule has 1 aliphatic rings. The molecule has 1 amide bonds. The molecule has 0 aromatic carbocycles. The van der Waals surface area contributed by atoms with Crippen LogP contribution in [0.2, 0.25) is 0 Å². The quantitative estimate of drug-likeness (QED) is 0.844. The van der Waals surface area contributed by atoms with Gasteiger partial charge >= 0.3 is 0 Å². The molecule has 1 unspecified atom stereocenters. The number of carbonyl (C=O) groups excluding carboxylic acids is 1. The Morgan fingerprint density at radius 2 is 2.08 bits per heavy atom. The van der Waals surface area contributed by atoms with Crippen molar-refractivity contribution in [3.05, 3.63) is 57.5 Å². The molecule has 6 heteroatoms. The van der Waals surface area contributed by atoms with Crippen LogP contribution in [0.15, 0.2) is 29.5 Å². The molecule has 0 spiro atoms. The van der Waals surface area contributed by atoms with E-state index in [0.29, 0.717) is 13.1 Å². The molecule has 24 heavy (non-hydrogen) atoms. The molecule has 0 radical (unpaired) electrons. The molecule has 1 aliphatic heterocycles. The summed E-state index contributed by atoms with van der Waals surface area (Å²) in [5, 5.41) is 0. The lowest BCUT2D eigenvalue weighted by Gasteiger charge is -2.32. The zero-order chi connectivity index (χ0) is 17.3. The lowest BCUT2D eigenvalue weighted by molar-refractivity contribution is 0.0702. The van der Waals surface area contributed by atoms with Crippen LogP contribution in [0.5, 0.6) is 0 Å². The summed E-state index contributed by atoms with van der Waals surface area (Å²) in [6.07, 6.45) is 6.96. The maximum atomic E-state index is 13.0. The Kier molecular flexibility index (Phi) is 4.46. The summed E-state index contributed by atoms with van der Waals surface area (Å²) in [5.74, 6) is -0.00676. The highest BCUT2D eigenvalue weighted by atomic mass is 16.2. The van der Waals surface area contributed by atoms with Crippen LogP contribution in [0, 0.1) is 13.8 Å². The molecule has 6 nitrogen and oxygen atoms in total. The van der Waals surface area contributed by atoms with Gasteiger partial charge in [-0.25, -0.2) is 0 Å². The summed E-state index contributed by atoms with van der Waals surface area (Å²) < 4.78 is 1.53. The van der Waals surface area contributed by atoms with Crippen LogP contribution in [-0.2, 0) is 7.05 Å². The van der Waals surface area contributed by atoms with Crippen molar-refractivity contribution in [2.24, 2.45) is 7.05 Å². The molecule has 1 atom stereocenters. The van der Waals surface area contributed by atoms with Gasteiger partial charge < -0.3 is 9.47 Å². The van der Waals surface area contributed by atoms with Gasteiger partial charge in [0.1, 0.15) is 5.56 Å². The van der Waals surface area contributed by atoms with Gasteiger partial charge in [0.15, 0.2) is 0 Å². The lowest BCUT2D eigenvalue weighted by atomic mass is 9.94. The first-order chi connectivity index (χ1) is 11.5. The fourth-order valence-electron chi connectivity index (χ4n) is 3.32. The average molecular weight is 326 g/mol. The van der Waals surface area contributed by atoms with Crippen molar-refractivity contribution in [3.8, 4) is 0 Å². The second kappa shape index (κ2) is 6.55. The average Bonchev–Trinajstić information content (AvgIpc) is 2.60. The molecule has 3 heterocycles. The molecule has 1 saturated heterocycles. The zero-order valence-electron chi connectivity index (χ0n) is 14.3. The fraction of sp³-hybridized carbons (Fsp3) is 0.444. The van der Waals surface area contributed by atoms with E-state index in [-0.39, 0.29) is 22.9 Å². The lowest BCUT2D eigenvalue weighted by Crippen LogP contribution is -2.42. The van der Waals surface area contributed by atoms with Crippen molar-refractivity contribution in [1.29, 1.82) is 0 Å². The highest BCUT2D eigenvalue weighted by Gasteiger charge is 2.28. The van der Waals surface area contributed by atoms with Crippen LogP contribution in [-0.4, -0.2) is 38.4 Å².